The average molecular weight is 288 g/mol. The molecule has 0 radical (unpaired) electrons. The Hall–Kier alpha value is -0.960. The van der Waals surface area contributed by atoms with Crippen LogP contribution in [0.1, 0.15) is 51.9 Å². The minimum Gasteiger partial charge on any atom is -0.393 e. The first kappa shape index (κ1) is 13.7. The lowest BCUT2D eigenvalue weighted by atomic mass is 9.51. The van der Waals surface area contributed by atoms with Crippen LogP contribution >= 0.6 is 0 Å². The topological polar surface area (TPSA) is 54.4 Å². The molecule has 4 rings (SSSR count). The average Bonchev–Trinajstić information content (AvgIpc) is 2.74. The van der Waals surface area contributed by atoms with Crippen LogP contribution in [-0.4, -0.2) is 22.8 Å². The second-order valence-electron chi connectivity index (χ2n) is 7.87. The van der Waals surface area contributed by atoms with Crippen molar-refractivity contribution in [3.63, 3.8) is 0 Å². The van der Waals surface area contributed by atoms with Crippen molar-refractivity contribution in [2.24, 2.45) is 29.1 Å². The van der Waals surface area contributed by atoms with Gasteiger partial charge in [-0.25, -0.2) is 0 Å². The lowest BCUT2D eigenvalue weighted by Gasteiger charge is -2.54. The first-order chi connectivity index (χ1) is 10.0. The maximum Gasteiger partial charge on any atom is 0.155 e. The highest BCUT2D eigenvalue weighted by molar-refractivity contribution is 5.91. The Labute approximate surface area is 125 Å². The minimum absolute atomic E-state index is 0.255. The number of hydrogen-bond acceptors (Lipinski definition) is 3. The van der Waals surface area contributed by atoms with Crippen molar-refractivity contribution in [2.45, 2.75) is 58.0 Å². The second kappa shape index (κ2) is 4.52. The molecule has 4 aliphatic carbocycles. The third-order valence-corrected chi connectivity index (χ3v) is 6.98. The van der Waals surface area contributed by atoms with E-state index in [1.54, 1.807) is 0 Å². The van der Waals surface area contributed by atoms with Crippen LogP contribution in [0.25, 0.3) is 0 Å². The number of ketones is 2. The van der Waals surface area contributed by atoms with Gasteiger partial charge in [0, 0.05) is 18.3 Å². The predicted molar refractivity (Wildman–Crippen MR) is 78.5 cm³/mol. The van der Waals surface area contributed by atoms with Gasteiger partial charge in [-0.05, 0) is 61.9 Å². The molecule has 0 heterocycles. The summed E-state index contributed by atoms with van der Waals surface area (Å²) in [7, 11) is 0. The van der Waals surface area contributed by atoms with Gasteiger partial charge in [-0.2, -0.15) is 0 Å². The zero-order valence-electron chi connectivity index (χ0n) is 12.7. The molecule has 21 heavy (non-hydrogen) atoms. The first-order valence-corrected chi connectivity index (χ1v) is 8.45. The van der Waals surface area contributed by atoms with E-state index in [1.165, 1.54) is 5.57 Å². The van der Waals surface area contributed by atoms with Crippen LogP contribution in [0.5, 0.6) is 0 Å². The van der Waals surface area contributed by atoms with Gasteiger partial charge in [0.05, 0.1) is 6.10 Å². The Kier molecular flexibility index (Phi) is 2.94. The summed E-state index contributed by atoms with van der Waals surface area (Å²) in [6.07, 6.45) is 7.39. The molecule has 0 saturated heterocycles. The van der Waals surface area contributed by atoms with E-state index < -0.39 is 0 Å². The van der Waals surface area contributed by atoms with Crippen LogP contribution in [-0.2, 0) is 9.59 Å². The molecular formula is C18H24O3. The Morgan fingerprint density at radius 1 is 1.14 bits per heavy atom. The highest BCUT2D eigenvalue weighted by atomic mass is 16.3. The number of rotatable bonds is 0. The number of carbonyl (C=O) groups is 2. The largest absolute Gasteiger partial charge is 0.393 e. The molecule has 3 heteroatoms. The van der Waals surface area contributed by atoms with E-state index in [-0.39, 0.29) is 23.2 Å². The smallest absolute Gasteiger partial charge is 0.155 e. The number of fused-ring (bicyclic) bond motifs is 5. The molecule has 114 valence electrons. The molecule has 0 aliphatic heterocycles. The number of allylic oxidation sites excluding steroid dienone is 1. The van der Waals surface area contributed by atoms with Crippen molar-refractivity contribution in [1.29, 1.82) is 0 Å². The highest BCUT2D eigenvalue weighted by Crippen LogP contribution is 2.60. The molecule has 4 unspecified atom stereocenters. The molecule has 0 aromatic heterocycles. The van der Waals surface area contributed by atoms with Crippen LogP contribution in [0.15, 0.2) is 11.6 Å². The summed E-state index contributed by atoms with van der Waals surface area (Å²) in [6, 6.07) is 0. The fourth-order valence-electron chi connectivity index (χ4n) is 6.03. The molecule has 3 saturated carbocycles. The number of carbonyl (C=O) groups excluding carboxylic acids is 2. The summed E-state index contributed by atoms with van der Waals surface area (Å²) < 4.78 is 0. The molecule has 3 fully saturated rings. The molecule has 0 aromatic carbocycles. The van der Waals surface area contributed by atoms with Crippen molar-refractivity contribution >= 4 is 11.6 Å². The van der Waals surface area contributed by atoms with Crippen molar-refractivity contribution in [2.75, 3.05) is 0 Å². The van der Waals surface area contributed by atoms with Gasteiger partial charge in [0.2, 0.25) is 0 Å². The molecule has 0 spiro atoms. The number of aliphatic hydroxyl groups excluding tert-OH is 1. The van der Waals surface area contributed by atoms with E-state index in [0.29, 0.717) is 42.8 Å². The van der Waals surface area contributed by atoms with E-state index >= 15 is 0 Å². The van der Waals surface area contributed by atoms with E-state index in [9.17, 15) is 14.7 Å². The fraction of sp³-hybridized carbons (Fsp3) is 0.778. The quantitative estimate of drug-likeness (QED) is 0.745. The Morgan fingerprint density at radius 3 is 2.76 bits per heavy atom. The Morgan fingerprint density at radius 2 is 1.95 bits per heavy atom. The highest BCUT2D eigenvalue weighted by Gasteiger charge is 2.59. The van der Waals surface area contributed by atoms with Crippen molar-refractivity contribution < 1.29 is 14.7 Å². The van der Waals surface area contributed by atoms with Crippen LogP contribution in [0, 0.1) is 29.1 Å². The standard InChI is InChI=1S/C18H24O3/c1-18-9-15(20)17-12-5-3-11(19)8-10(12)2-4-13(17)14(18)6-7-16(18)21/h8,12-15,17,20H,2-7,9H2,1H3/t12?,13?,14?,15-,17?,18-/m0/s1. The summed E-state index contributed by atoms with van der Waals surface area (Å²) in [5, 5.41) is 10.8. The number of aliphatic hydroxyl groups is 1. The van der Waals surface area contributed by atoms with Crippen molar-refractivity contribution in [3.8, 4) is 0 Å². The van der Waals surface area contributed by atoms with Gasteiger partial charge in [0.25, 0.3) is 0 Å². The molecule has 4 aliphatic rings. The molecule has 1 N–H and O–H groups in total. The Bertz CT molecular complexity index is 535. The summed E-state index contributed by atoms with van der Waals surface area (Å²) in [5.41, 5.74) is 0.992. The molecule has 3 nitrogen and oxygen atoms in total. The van der Waals surface area contributed by atoms with Gasteiger partial charge in [-0.3, -0.25) is 9.59 Å². The summed E-state index contributed by atoms with van der Waals surface area (Å²) in [4.78, 5) is 24.0. The number of Topliss-reactive ketones (excluding diaryl/α,β-unsaturated/α-hetero) is 1. The maximum absolute atomic E-state index is 12.3. The van der Waals surface area contributed by atoms with Gasteiger partial charge in [0.1, 0.15) is 5.78 Å². The lowest BCUT2D eigenvalue weighted by molar-refractivity contribution is -0.140. The number of hydrogen-bond donors (Lipinski definition) is 1. The van der Waals surface area contributed by atoms with Crippen molar-refractivity contribution in [3.05, 3.63) is 11.6 Å². The van der Waals surface area contributed by atoms with E-state index in [0.717, 1.165) is 25.7 Å². The van der Waals surface area contributed by atoms with Gasteiger partial charge in [0.15, 0.2) is 5.78 Å². The predicted octanol–water partition coefficient (Wildman–Crippen LogP) is 2.67. The fourth-order valence-corrected chi connectivity index (χ4v) is 6.03. The third kappa shape index (κ3) is 1.82. The van der Waals surface area contributed by atoms with Gasteiger partial charge < -0.3 is 5.11 Å². The monoisotopic (exact) mass is 288 g/mol. The molecule has 0 amide bonds. The van der Waals surface area contributed by atoms with E-state index in [2.05, 4.69) is 6.92 Å². The zero-order chi connectivity index (χ0) is 14.8. The first-order valence-electron chi connectivity index (χ1n) is 8.45. The summed E-state index contributed by atoms with van der Waals surface area (Å²) in [6.45, 7) is 2.09. The van der Waals surface area contributed by atoms with Gasteiger partial charge in [-0.1, -0.05) is 12.5 Å². The van der Waals surface area contributed by atoms with Gasteiger partial charge in [-0.15, -0.1) is 0 Å². The van der Waals surface area contributed by atoms with Gasteiger partial charge >= 0.3 is 0 Å². The zero-order valence-corrected chi connectivity index (χ0v) is 12.7. The van der Waals surface area contributed by atoms with E-state index in [1.807, 2.05) is 6.08 Å². The molecule has 0 bridgehead atoms. The molecular weight excluding hydrogens is 264 g/mol. The SMILES string of the molecule is C[C@]12C[C@H](O)C3C4CCC(=O)C=C4CCC3C1CCC2=O. The third-order valence-electron chi connectivity index (χ3n) is 6.98. The van der Waals surface area contributed by atoms with Crippen molar-refractivity contribution in [1.82, 2.24) is 0 Å². The normalized spacial score (nSPS) is 49.2. The van der Waals surface area contributed by atoms with Crippen LogP contribution in [0.3, 0.4) is 0 Å². The van der Waals surface area contributed by atoms with Crippen LogP contribution in [0.4, 0.5) is 0 Å². The lowest BCUT2D eigenvalue weighted by Crippen LogP contribution is -2.53. The van der Waals surface area contributed by atoms with Crippen LogP contribution < -0.4 is 0 Å². The van der Waals surface area contributed by atoms with E-state index in [4.69, 9.17) is 0 Å². The molecule has 6 atom stereocenters. The summed E-state index contributed by atoms with van der Waals surface area (Å²) in [5.74, 6) is 2.22. The molecule has 0 aromatic rings. The minimum atomic E-state index is -0.375. The van der Waals surface area contributed by atoms with Crippen LogP contribution in [0.2, 0.25) is 0 Å². The summed E-state index contributed by atoms with van der Waals surface area (Å²) >= 11 is 0. The second-order valence-corrected chi connectivity index (χ2v) is 7.87. The Balaban J connectivity index is 1.70. The maximum atomic E-state index is 12.3.